The molecule has 2 saturated heterocycles. The van der Waals surface area contributed by atoms with E-state index in [1.807, 2.05) is 11.1 Å². The number of carbonyl (C=O) groups excluding carboxylic acids is 2. The maximum Gasteiger partial charge on any atom is 0.263 e. The summed E-state index contributed by atoms with van der Waals surface area (Å²) in [7, 11) is 0. The van der Waals surface area contributed by atoms with Crippen molar-refractivity contribution in [3.63, 3.8) is 0 Å². The Bertz CT molecular complexity index is 993. The molecule has 10 heteroatoms. The number of thiazole rings is 1. The largest absolute Gasteiger partial charge is 0.349 e. The number of piperidine rings is 2. The average Bonchev–Trinajstić information content (AvgIpc) is 3.57. The lowest BCUT2D eigenvalue weighted by molar-refractivity contribution is -0.135. The van der Waals surface area contributed by atoms with E-state index in [4.69, 9.17) is 4.98 Å². The molecule has 34 heavy (non-hydrogen) atoms. The summed E-state index contributed by atoms with van der Waals surface area (Å²) in [6.07, 6.45) is 14.6. The van der Waals surface area contributed by atoms with E-state index >= 15 is 0 Å². The fraction of sp³-hybridized carbons (Fsp3) is 0.625. The van der Waals surface area contributed by atoms with E-state index in [2.05, 4.69) is 25.9 Å². The number of aromatic nitrogens is 3. The summed E-state index contributed by atoms with van der Waals surface area (Å²) in [4.78, 5) is 41.4. The SMILES string of the molecule is O=C(NC1CCCC1)c1cnc(Nc2cncc(C3CCN(C(=O)[C@@H]4CCCCN4)CC3)n2)s1. The third-order valence-corrected chi connectivity index (χ3v) is 8.05. The van der Waals surface area contributed by atoms with Gasteiger partial charge in [0.2, 0.25) is 5.91 Å². The number of amides is 2. The zero-order chi connectivity index (χ0) is 23.3. The smallest absolute Gasteiger partial charge is 0.263 e. The van der Waals surface area contributed by atoms with Crippen LogP contribution in [0.25, 0.3) is 0 Å². The summed E-state index contributed by atoms with van der Waals surface area (Å²) in [5.74, 6) is 1.10. The normalized spacial score (nSPS) is 22.0. The third-order valence-electron chi connectivity index (χ3n) is 7.14. The van der Waals surface area contributed by atoms with Crippen LogP contribution in [-0.2, 0) is 4.79 Å². The Morgan fingerprint density at radius 1 is 1.00 bits per heavy atom. The summed E-state index contributed by atoms with van der Waals surface area (Å²) in [6.45, 7) is 2.45. The van der Waals surface area contributed by atoms with Crippen molar-refractivity contribution in [2.24, 2.45) is 0 Å². The Morgan fingerprint density at radius 3 is 2.56 bits per heavy atom. The quantitative estimate of drug-likeness (QED) is 0.578. The van der Waals surface area contributed by atoms with E-state index in [1.54, 1.807) is 12.4 Å². The second-order valence-electron chi connectivity index (χ2n) is 9.54. The molecule has 3 N–H and O–H groups in total. The minimum atomic E-state index is -0.0537. The molecule has 4 heterocycles. The molecule has 2 amide bonds. The molecule has 3 aliphatic rings. The van der Waals surface area contributed by atoms with Gasteiger partial charge in [0.1, 0.15) is 4.88 Å². The molecule has 0 bridgehead atoms. The van der Waals surface area contributed by atoms with Gasteiger partial charge in [-0.1, -0.05) is 30.6 Å². The second kappa shape index (κ2) is 10.8. The van der Waals surface area contributed by atoms with E-state index < -0.39 is 0 Å². The minimum Gasteiger partial charge on any atom is -0.349 e. The molecule has 2 aromatic rings. The Morgan fingerprint density at radius 2 is 1.79 bits per heavy atom. The minimum absolute atomic E-state index is 0.0129. The molecule has 182 valence electrons. The second-order valence-corrected chi connectivity index (χ2v) is 10.6. The van der Waals surface area contributed by atoms with Crippen LogP contribution in [0.5, 0.6) is 0 Å². The number of nitrogens with one attached hydrogen (secondary N) is 3. The van der Waals surface area contributed by atoms with Crippen LogP contribution < -0.4 is 16.0 Å². The van der Waals surface area contributed by atoms with E-state index in [0.717, 1.165) is 70.3 Å². The van der Waals surface area contributed by atoms with Gasteiger partial charge in [-0.3, -0.25) is 14.6 Å². The first kappa shape index (κ1) is 23.2. The molecule has 3 fully saturated rings. The van der Waals surface area contributed by atoms with Crippen LogP contribution in [0, 0.1) is 0 Å². The maximum absolute atomic E-state index is 12.8. The van der Waals surface area contributed by atoms with Crippen molar-refractivity contribution in [2.45, 2.75) is 75.8 Å². The van der Waals surface area contributed by atoms with E-state index in [-0.39, 0.29) is 29.8 Å². The number of likely N-dealkylation sites (tertiary alicyclic amines) is 1. The summed E-state index contributed by atoms with van der Waals surface area (Å²) in [5.41, 5.74) is 0.934. The van der Waals surface area contributed by atoms with Gasteiger partial charge in [-0.25, -0.2) is 9.97 Å². The van der Waals surface area contributed by atoms with Gasteiger partial charge in [-0.15, -0.1) is 0 Å². The van der Waals surface area contributed by atoms with Crippen LogP contribution in [-0.4, -0.2) is 63.4 Å². The van der Waals surface area contributed by atoms with E-state index in [0.29, 0.717) is 15.8 Å². The van der Waals surface area contributed by atoms with E-state index in [9.17, 15) is 9.59 Å². The van der Waals surface area contributed by atoms with Crippen molar-refractivity contribution >= 4 is 34.1 Å². The Hall–Kier alpha value is -2.59. The Balaban J connectivity index is 1.15. The predicted molar refractivity (Wildman–Crippen MR) is 131 cm³/mol. The summed E-state index contributed by atoms with van der Waals surface area (Å²) in [6, 6.07) is 0.273. The van der Waals surface area contributed by atoms with Crippen LogP contribution in [0.4, 0.5) is 10.9 Å². The van der Waals surface area contributed by atoms with Crippen LogP contribution in [0.2, 0.25) is 0 Å². The summed E-state index contributed by atoms with van der Waals surface area (Å²) in [5, 5.41) is 10.3. The molecular weight excluding hydrogens is 450 g/mol. The van der Waals surface area contributed by atoms with Gasteiger partial charge in [0.25, 0.3) is 5.91 Å². The molecule has 5 rings (SSSR count). The van der Waals surface area contributed by atoms with Crippen LogP contribution in [0.3, 0.4) is 0 Å². The van der Waals surface area contributed by atoms with Gasteiger partial charge in [-0.2, -0.15) is 0 Å². The van der Waals surface area contributed by atoms with Gasteiger partial charge >= 0.3 is 0 Å². The Labute approximate surface area is 204 Å². The maximum atomic E-state index is 12.8. The van der Waals surface area contributed by atoms with Gasteiger partial charge in [0.15, 0.2) is 10.9 Å². The standard InChI is InChI=1S/C24H33N7O2S/c32-22(28-17-5-1-2-6-17)20-14-27-24(34-20)30-21-15-25-13-19(29-21)16-8-11-31(12-9-16)23(33)18-7-3-4-10-26-18/h13-18,26H,1-12H2,(H,28,32)(H,27,29,30)/t18-/m0/s1. The predicted octanol–water partition coefficient (Wildman–Crippen LogP) is 3.20. The lowest BCUT2D eigenvalue weighted by Crippen LogP contribution is -2.50. The van der Waals surface area contributed by atoms with Gasteiger partial charge in [-0.05, 0) is 45.1 Å². The van der Waals surface area contributed by atoms with Crippen molar-refractivity contribution < 1.29 is 9.59 Å². The molecule has 0 aromatic carbocycles. The molecule has 0 unspecified atom stereocenters. The molecule has 2 aliphatic heterocycles. The monoisotopic (exact) mass is 483 g/mol. The lowest BCUT2D eigenvalue weighted by atomic mass is 9.93. The van der Waals surface area contributed by atoms with Crippen LogP contribution >= 0.6 is 11.3 Å². The number of hydrogen-bond donors (Lipinski definition) is 3. The van der Waals surface area contributed by atoms with Crippen molar-refractivity contribution in [1.29, 1.82) is 0 Å². The molecular formula is C24H33N7O2S. The van der Waals surface area contributed by atoms with E-state index in [1.165, 1.54) is 24.2 Å². The zero-order valence-corrected chi connectivity index (χ0v) is 20.3. The fourth-order valence-corrected chi connectivity index (χ4v) is 5.92. The summed E-state index contributed by atoms with van der Waals surface area (Å²) < 4.78 is 0. The molecule has 1 aliphatic carbocycles. The number of rotatable bonds is 6. The molecule has 0 spiro atoms. The molecule has 9 nitrogen and oxygen atoms in total. The zero-order valence-electron chi connectivity index (χ0n) is 19.5. The Kier molecular flexibility index (Phi) is 7.34. The van der Waals surface area contributed by atoms with Crippen molar-refractivity contribution in [3.8, 4) is 0 Å². The summed E-state index contributed by atoms with van der Waals surface area (Å²) >= 11 is 1.33. The molecule has 0 radical (unpaired) electrons. The fourth-order valence-electron chi connectivity index (χ4n) is 5.19. The first-order chi connectivity index (χ1) is 16.7. The third kappa shape index (κ3) is 5.55. The van der Waals surface area contributed by atoms with Crippen LogP contribution in [0.1, 0.15) is 79.1 Å². The highest BCUT2D eigenvalue weighted by atomic mass is 32.1. The van der Waals surface area contributed by atoms with Crippen molar-refractivity contribution in [1.82, 2.24) is 30.5 Å². The highest BCUT2D eigenvalue weighted by molar-refractivity contribution is 7.17. The van der Waals surface area contributed by atoms with Gasteiger partial charge in [0.05, 0.1) is 24.1 Å². The van der Waals surface area contributed by atoms with Crippen LogP contribution in [0.15, 0.2) is 18.6 Å². The number of nitrogens with zero attached hydrogens (tertiary/aromatic N) is 4. The first-order valence-electron chi connectivity index (χ1n) is 12.5. The molecule has 1 atom stereocenters. The van der Waals surface area contributed by atoms with Gasteiger partial charge < -0.3 is 20.9 Å². The molecule has 2 aromatic heterocycles. The number of hydrogen-bond acceptors (Lipinski definition) is 8. The highest BCUT2D eigenvalue weighted by Gasteiger charge is 2.30. The van der Waals surface area contributed by atoms with Gasteiger partial charge in [0, 0.05) is 31.2 Å². The number of carbonyl (C=O) groups is 2. The highest BCUT2D eigenvalue weighted by Crippen LogP contribution is 2.29. The lowest BCUT2D eigenvalue weighted by Gasteiger charge is -2.35. The average molecular weight is 484 g/mol. The van der Waals surface area contributed by atoms with Crippen molar-refractivity contribution in [3.05, 3.63) is 29.2 Å². The first-order valence-corrected chi connectivity index (χ1v) is 13.3. The topological polar surface area (TPSA) is 112 Å². The van der Waals surface area contributed by atoms with Crippen molar-refractivity contribution in [2.75, 3.05) is 25.0 Å². The number of anilines is 2. The molecule has 1 saturated carbocycles.